The van der Waals surface area contributed by atoms with Gasteiger partial charge in [0.15, 0.2) is 0 Å². The highest BCUT2D eigenvalue weighted by atomic mass is 35.5. The Labute approximate surface area is 153 Å². The first kappa shape index (κ1) is 21.1. The Morgan fingerprint density at radius 2 is 2.12 bits per heavy atom. The number of ether oxygens (including phenoxy) is 2. The Hall–Kier alpha value is -1.92. The number of aromatic nitrogens is 1. The van der Waals surface area contributed by atoms with Gasteiger partial charge in [-0.1, -0.05) is 0 Å². The number of aryl methyl sites for hydroxylation is 1. The summed E-state index contributed by atoms with van der Waals surface area (Å²) < 4.78 is 24.4. The van der Waals surface area contributed by atoms with Crippen molar-refractivity contribution in [3.05, 3.63) is 35.8 Å². The molecule has 0 bridgehead atoms. The zero-order valence-corrected chi connectivity index (χ0v) is 15.5. The molecule has 1 unspecified atom stereocenters. The molecule has 2 N–H and O–H groups in total. The number of pyridine rings is 1. The highest BCUT2D eigenvalue weighted by molar-refractivity contribution is 5.85. The third-order valence-electron chi connectivity index (χ3n) is 4.00. The zero-order valence-electron chi connectivity index (χ0n) is 14.7. The van der Waals surface area contributed by atoms with Crippen molar-refractivity contribution in [1.82, 2.24) is 4.98 Å². The highest BCUT2D eigenvalue weighted by Gasteiger charge is 2.29. The molecule has 1 heterocycles. The van der Waals surface area contributed by atoms with Crippen molar-refractivity contribution < 1.29 is 18.7 Å². The van der Waals surface area contributed by atoms with Crippen LogP contribution in [-0.4, -0.2) is 30.2 Å². The fraction of sp³-hybridized carbons (Fsp3) is 0.444. The predicted octanol–water partition coefficient (Wildman–Crippen LogP) is 3.41. The number of rotatable bonds is 7. The van der Waals surface area contributed by atoms with Crippen LogP contribution in [0.3, 0.4) is 0 Å². The minimum atomic E-state index is -1.08. The fourth-order valence-corrected chi connectivity index (χ4v) is 2.61. The van der Waals surface area contributed by atoms with Gasteiger partial charge in [0.05, 0.1) is 25.4 Å². The molecule has 25 heavy (non-hydrogen) atoms. The van der Waals surface area contributed by atoms with E-state index in [9.17, 15) is 9.18 Å². The molecular formula is C18H24ClFN2O3. The van der Waals surface area contributed by atoms with Crippen LogP contribution in [0.15, 0.2) is 24.4 Å². The lowest BCUT2D eigenvalue weighted by atomic mass is 9.93. The van der Waals surface area contributed by atoms with Gasteiger partial charge in [0, 0.05) is 5.39 Å². The molecule has 5 nitrogen and oxygen atoms in total. The average molecular weight is 371 g/mol. The summed E-state index contributed by atoms with van der Waals surface area (Å²) in [5, 5.41) is 0.712. The number of fused-ring (bicyclic) bond motifs is 1. The van der Waals surface area contributed by atoms with E-state index in [0.29, 0.717) is 41.5 Å². The number of hydrogen-bond acceptors (Lipinski definition) is 5. The molecule has 0 aliphatic rings. The van der Waals surface area contributed by atoms with E-state index < -0.39 is 11.5 Å². The van der Waals surface area contributed by atoms with Crippen LogP contribution in [0.4, 0.5) is 4.39 Å². The summed E-state index contributed by atoms with van der Waals surface area (Å²) in [6.45, 7) is 3.66. The largest absolute Gasteiger partial charge is 0.497 e. The molecule has 1 aromatic carbocycles. The summed E-state index contributed by atoms with van der Waals surface area (Å²) in [6.07, 6.45) is 2.62. The zero-order chi connectivity index (χ0) is 17.7. The standard InChI is InChI=1S/C18H23FN2O3.ClH/c1-4-24-17(22)18(2,20)9-5-6-13-14-10-12(23-3)7-8-16(14)21-11-15(13)19;/h7-8,10-11H,4-6,9,20H2,1-3H3;1H. The Bertz CT molecular complexity index is 738. The lowest BCUT2D eigenvalue weighted by Gasteiger charge is -2.22. The maximum atomic E-state index is 14.2. The summed E-state index contributed by atoms with van der Waals surface area (Å²) in [7, 11) is 1.56. The van der Waals surface area contributed by atoms with E-state index in [1.54, 1.807) is 39.2 Å². The van der Waals surface area contributed by atoms with Crippen molar-refractivity contribution in [2.24, 2.45) is 5.73 Å². The van der Waals surface area contributed by atoms with Gasteiger partial charge in [0.2, 0.25) is 0 Å². The lowest BCUT2D eigenvalue weighted by molar-refractivity contribution is -0.149. The third-order valence-corrected chi connectivity index (χ3v) is 4.00. The number of carbonyl (C=O) groups is 1. The van der Waals surface area contributed by atoms with Gasteiger partial charge in [-0.25, -0.2) is 4.39 Å². The molecule has 0 spiro atoms. The Morgan fingerprint density at radius 3 is 2.76 bits per heavy atom. The van der Waals surface area contributed by atoms with E-state index in [1.165, 1.54) is 6.20 Å². The van der Waals surface area contributed by atoms with Crippen molar-refractivity contribution >= 4 is 29.3 Å². The van der Waals surface area contributed by atoms with Crippen LogP contribution in [0.1, 0.15) is 32.3 Å². The molecule has 0 amide bonds. The number of nitrogens with two attached hydrogens (primary N) is 1. The van der Waals surface area contributed by atoms with Gasteiger partial charge in [-0.15, -0.1) is 12.4 Å². The number of esters is 1. The molecular weight excluding hydrogens is 347 g/mol. The Morgan fingerprint density at radius 1 is 1.40 bits per heavy atom. The molecule has 0 saturated carbocycles. The fourth-order valence-electron chi connectivity index (χ4n) is 2.61. The Kier molecular flexibility index (Phi) is 7.58. The number of carbonyl (C=O) groups excluding carboxylic acids is 1. The first-order valence-electron chi connectivity index (χ1n) is 7.96. The SMILES string of the molecule is CCOC(=O)C(C)(N)CCCc1c(F)cnc2ccc(OC)cc12.Cl. The van der Waals surface area contributed by atoms with Gasteiger partial charge in [-0.2, -0.15) is 0 Å². The maximum absolute atomic E-state index is 14.2. The van der Waals surface area contributed by atoms with Gasteiger partial charge < -0.3 is 15.2 Å². The van der Waals surface area contributed by atoms with Crippen LogP contribution in [-0.2, 0) is 16.0 Å². The van der Waals surface area contributed by atoms with E-state index in [2.05, 4.69) is 4.98 Å². The van der Waals surface area contributed by atoms with E-state index in [0.717, 1.165) is 0 Å². The first-order chi connectivity index (χ1) is 11.4. The molecule has 2 aromatic rings. The molecule has 7 heteroatoms. The summed E-state index contributed by atoms with van der Waals surface area (Å²) >= 11 is 0. The van der Waals surface area contributed by atoms with Crippen LogP contribution >= 0.6 is 12.4 Å². The highest BCUT2D eigenvalue weighted by Crippen LogP contribution is 2.26. The van der Waals surface area contributed by atoms with E-state index in [1.807, 2.05) is 0 Å². The summed E-state index contributed by atoms with van der Waals surface area (Å²) in [5.41, 5.74) is 6.19. The molecule has 1 atom stereocenters. The van der Waals surface area contributed by atoms with E-state index in [-0.39, 0.29) is 24.8 Å². The number of nitrogens with zero attached hydrogens (tertiary/aromatic N) is 1. The quantitative estimate of drug-likeness (QED) is 0.756. The molecule has 0 saturated heterocycles. The third kappa shape index (κ3) is 5.03. The summed E-state index contributed by atoms with van der Waals surface area (Å²) in [5.74, 6) is -0.163. The number of benzene rings is 1. The van der Waals surface area contributed by atoms with Crippen molar-refractivity contribution in [2.45, 2.75) is 38.6 Å². The molecule has 0 aliphatic heterocycles. The van der Waals surface area contributed by atoms with E-state index in [4.69, 9.17) is 15.2 Å². The van der Waals surface area contributed by atoms with Crippen molar-refractivity contribution in [2.75, 3.05) is 13.7 Å². The summed E-state index contributed by atoms with van der Waals surface area (Å²) in [6, 6.07) is 5.35. The first-order valence-corrected chi connectivity index (χ1v) is 7.96. The van der Waals surface area contributed by atoms with Crippen LogP contribution in [0.25, 0.3) is 10.9 Å². The normalized spacial score (nSPS) is 13.0. The molecule has 138 valence electrons. The minimum Gasteiger partial charge on any atom is -0.497 e. The lowest BCUT2D eigenvalue weighted by Crippen LogP contribution is -2.46. The van der Waals surface area contributed by atoms with Crippen LogP contribution < -0.4 is 10.5 Å². The van der Waals surface area contributed by atoms with Crippen molar-refractivity contribution in [3.8, 4) is 5.75 Å². The van der Waals surface area contributed by atoms with Crippen LogP contribution in [0.2, 0.25) is 0 Å². The van der Waals surface area contributed by atoms with Gasteiger partial charge in [-0.3, -0.25) is 9.78 Å². The van der Waals surface area contributed by atoms with Crippen molar-refractivity contribution in [1.29, 1.82) is 0 Å². The van der Waals surface area contributed by atoms with Gasteiger partial charge in [-0.05, 0) is 56.9 Å². The Balaban J connectivity index is 0.00000312. The second-order valence-corrected chi connectivity index (χ2v) is 5.96. The summed E-state index contributed by atoms with van der Waals surface area (Å²) in [4.78, 5) is 15.9. The smallest absolute Gasteiger partial charge is 0.325 e. The monoisotopic (exact) mass is 370 g/mol. The van der Waals surface area contributed by atoms with Gasteiger partial charge in [0.1, 0.15) is 17.1 Å². The molecule has 1 aromatic heterocycles. The van der Waals surface area contributed by atoms with E-state index >= 15 is 0 Å². The number of halogens is 2. The van der Waals surface area contributed by atoms with Crippen LogP contribution in [0.5, 0.6) is 5.75 Å². The number of methoxy groups -OCH3 is 1. The second-order valence-electron chi connectivity index (χ2n) is 5.96. The molecule has 2 rings (SSSR count). The van der Waals surface area contributed by atoms with Crippen molar-refractivity contribution in [3.63, 3.8) is 0 Å². The van der Waals surface area contributed by atoms with Gasteiger partial charge in [0.25, 0.3) is 0 Å². The van der Waals surface area contributed by atoms with Crippen LogP contribution in [0, 0.1) is 5.82 Å². The molecule has 0 aliphatic carbocycles. The predicted molar refractivity (Wildman–Crippen MR) is 97.7 cm³/mol. The average Bonchev–Trinajstić information content (AvgIpc) is 2.56. The molecule has 0 radical (unpaired) electrons. The number of hydrogen-bond donors (Lipinski definition) is 1. The second kappa shape index (κ2) is 8.97. The molecule has 0 fully saturated rings. The minimum absolute atomic E-state index is 0. The maximum Gasteiger partial charge on any atom is 0.325 e. The van der Waals surface area contributed by atoms with Gasteiger partial charge >= 0.3 is 5.97 Å². The topological polar surface area (TPSA) is 74.4 Å².